The lowest BCUT2D eigenvalue weighted by molar-refractivity contribution is 0.0515. The minimum atomic E-state index is -0.525. The Hall–Kier alpha value is -4.52. The number of amides is 1. The zero-order valence-corrected chi connectivity index (χ0v) is 20.5. The van der Waals surface area contributed by atoms with E-state index in [1.165, 1.54) is 0 Å². The van der Waals surface area contributed by atoms with Gasteiger partial charge in [-0.05, 0) is 42.3 Å². The van der Waals surface area contributed by atoms with Gasteiger partial charge in [-0.3, -0.25) is 4.79 Å². The van der Waals surface area contributed by atoms with Gasteiger partial charge in [-0.25, -0.2) is 4.79 Å². The van der Waals surface area contributed by atoms with Crippen molar-refractivity contribution in [2.24, 2.45) is 0 Å². The molecule has 1 aromatic heterocycles. The summed E-state index contributed by atoms with van der Waals surface area (Å²) in [6.45, 7) is 2.36. The van der Waals surface area contributed by atoms with Crippen molar-refractivity contribution in [2.45, 2.75) is 13.5 Å². The number of hydrogen-bond donors (Lipinski definition) is 1. The third-order valence-electron chi connectivity index (χ3n) is 5.71. The van der Waals surface area contributed by atoms with Gasteiger partial charge in [0, 0.05) is 23.9 Å². The molecule has 0 aliphatic carbocycles. The number of methoxy groups -OCH3 is 2. The number of anilines is 1. The lowest BCUT2D eigenvalue weighted by Gasteiger charge is -2.13. The number of hydrogen-bond acceptors (Lipinski definition) is 5. The molecule has 3 aromatic carbocycles. The van der Waals surface area contributed by atoms with Crippen LogP contribution in [0.2, 0.25) is 0 Å². The van der Waals surface area contributed by atoms with Crippen LogP contribution >= 0.6 is 0 Å². The summed E-state index contributed by atoms with van der Waals surface area (Å²) in [5, 5.41) is 2.97. The van der Waals surface area contributed by atoms with E-state index < -0.39 is 5.97 Å². The molecular weight excluding hydrogens is 456 g/mol. The van der Waals surface area contributed by atoms with Crippen molar-refractivity contribution >= 4 is 17.6 Å². The van der Waals surface area contributed by atoms with Crippen LogP contribution in [0.1, 0.15) is 33.3 Å². The number of ether oxygens (including phenoxy) is 3. The topological polar surface area (TPSA) is 78.8 Å². The Morgan fingerprint density at radius 3 is 2.17 bits per heavy atom. The first-order chi connectivity index (χ1) is 17.5. The fourth-order valence-corrected chi connectivity index (χ4v) is 4.00. The van der Waals surface area contributed by atoms with E-state index >= 15 is 0 Å². The average Bonchev–Trinajstić information content (AvgIpc) is 3.26. The smallest absolute Gasteiger partial charge is 0.357 e. The van der Waals surface area contributed by atoms with Crippen molar-refractivity contribution in [1.82, 2.24) is 4.57 Å². The third-order valence-corrected chi connectivity index (χ3v) is 5.71. The van der Waals surface area contributed by atoms with Crippen LogP contribution in [0.5, 0.6) is 11.5 Å². The van der Waals surface area contributed by atoms with Crippen LogP contribution in [0, 0.1) is 0 Å². The van der Waals surface area contributed by atoms with Crippen molar-refractivity contribution in [3.63, 3.8) is 0 Å². The highest BCUT2D eigenvalue weighted by molar-refractivity contribution is 6.10. The first-order valence-corrected chi connectivity index (χ1v) is 11.6. The zero-order chi connectivity index (χ0) is 25.5. The predicted octanol–water partition coefficient (Wildman–Crippen LogP) is 5.65. The summed E-state index contributed by atoms with van der Waals surface area (Å²) in [7, 11) is 3.13. The molecule has 0 saturated carbocycles. The fourth-order valence-electron chi connectivity index (χ4n) is 4.00. The summed E-state index contributed by atoms with van der Waals surface area (Å²) >= 11 is 0. The van der Waals surface area contributed by atoms with Crippen LogP contribution in [-0.4, -0.2) is 37.3 Å². The van der Waals surface area contributed by atoms with Crippen LogP contribution in [0.25, 0.3) is 11.1 Å². The Balaban J connectivity index is 1.90. The number of nitrogens with zero attached hydrogens (tertiary/aromatic N) is 1. The maximum atomic E-state index is 13.2. The van der Waals surface area contributed by atoms with E-state index in [-0.39, 0.29) is 18.2 Å². The Bertz CT molecular complexity index is 1350. The minimum absolute atomic E-state index is 0.202. The summed E-state index contributed by atoms with van der Waals surface area (Å²) in [4.78, 5) is 26.4. The molecule has 0 radical (unpaired) electrons. The van der Waals surface area contributed by atoms with Gasteiger partial charge in [-0.2, -0.15) is 0 Å². The molecule has 7 nitrogen and oxygen atoms in total. The van der Waals surface area contributed by atoms with Crippen LogP contribution in [0.15, 0.2) is 85.1 Å². The molecule has 0 unspecified atom stereocenters. The molecule has 0 atom stereocenters. The van der Waals surface area contributed by atoms with Gasteiger partial charge in [0.1, 0.15) is 0 Å². The Morgan fingerprint density at radius 1 is 0.861 bits per heavy atom. The molecule has 36 heavy (non-hydrogen) atoms. The van der Waals surface area contributed by atoms with Gasteiger partial charge in [0.2, 0.25) is 0 Å². The number of carbonyl (C=O) groups excluding carboxylic acids is 2. The summed E-state index contributed by atoms with van der Waals surface area (Å²) in [6, 6.07) is 24.1. The van der Waals surface area contributed by atoms with E-state index in [0.29, 0.717) is 34.9 Å². The van der Waals surface area contributed by atoms with Crippen molar-refractivity contribution in [1.29, 1.82) is 0 Å². The zero-order valence-electron chi connectivity index (χ0n) is 20.5. The van der Waals surface area contributed by atoms with Crippen molar-refractivity contribution < 1.29 is 23.8 Å². The SMILES string of the molecule is CCOC(=O)c1c(NC(=O)c2ccccc2)c(-c2ccc(OC)c(OC)c2)cn1Cc1ccccc1. The van der Waals surface area contributed by atoms with Crippen LogP contribution in [0.4, 0.5) is 5.69 Å². The molecule has 184 valence electrons. The van der Waals surface area contributed by atoms with Crippen molar-refractivity contribution in [3.8, 4) is 22.6 Å². The van der Waals surface area contributed by atoms with Crippen molar-refractivity contribution in [2.75, 3.05) is 26.1 Å². The maximum Gasteiger partial charge on any atom is 0.357 e. The molecule has 0 bridgehead atoms. The predicted molar refractivity (Wildman–Crippen MR) is 139 cm³/mol. The Morgan fingerprint density at radius 2 is 1.53 bits per heavy atom. The monoisotopic (exact) mass is 484 g/mol. The maximum absolute atomic E-state index is 13.2. The van der Waals surface area contributed by atoms with Gasteiger partial charge in [-0.1, -0.05) is 54.6 Å². The fraction of sp³-hybridized carbons (Fsp3) is 0.172. The molecule has 0 aliphatic rings. The summed E-state index contributed by atoms with van der Waals surface area (Å²) in [5.41, 5.74) is 3.49. The van der Waals surface area contributed by atoms with Gasteiger partial charge in [-0.15, -0.1) is 0 Å². The molecule has 1 heterocycles. The molecule has 0 fully saturated rings. The number of benzene rings is 3. The highest BCUT2D eigenvalue weighted by Crippen LogP contribution is 2.39. The quantitative estimate of drug-likeness (QED) is 0.311. The summed E-state index contributed by atoms with van der Waals surface area (Å²) < 4.78 is 18.1. The number of rotatable bonds is 9. The van der Waals surface area contributed by atoms with E-state index in [0.717, 1.165) is 11.1 Å². The van der Waals surface area contributed by atoms with Crippen LogP contribution < -0.4 is 14.8 Å². The van der Waals surface area contributed by atoms with Gasteiger partial charge in [0.05, 0.1) is 26.5 Å². The van der Waals surface area contributed by atoms with E-state index in [1.54, 1.807) is 56.0 Å². The van der Waals surface area contributed by atoms with E-state index in [4.69, 9.17) is 14.2 Å². The molecule has 4 aromatic rings. The number of aromatic nitrogens is 1. The highest BCUT2D eigenvalue weighted by Gasteiger charge is 2.26. The highest BCUT2D eigenvalue weighted by atomic mass is 16.5. The van der Waals surface area contributed by atoms with Gasteiger partial charge in [0.15, 0.2) is 17.2 Å². The summed E-state index contributed by atoms with van der Waals surface area (Å²) in [6.07, 6.45) is 1.85. The molecule has 1 N–H and O–H groups in total. The molecule has 0 aliphatic heterocycles. The van der Waals surface area contributed by atoms with Gasteiger partial charge in [0.25, 0.3) is 5.91 Å². The second kappa shape index (κ2) is 11.3. The normalized spacial score (nSPS) is 10.5. The lowest BCUT2D eigenvalue weighted by atomic mass is 10.1. The largest absolute Gasteiger partial charge is 0.493 e. The molecule has 0 saturated heterocycles. The van der Waals surface area contributed by atoms with Crippen LogP contribution in [0.3, 0.4) is 0 Å². The molecule has 1 amide bonds. The van der Waals surface area contributed by atoms with Gasteiger partial charge >= 0.3 is 5.97 Å². The number of esters is 1. The van der Waals surface area contributed by atoms with E-state index in [2.05, 4.69) is 5.32 Å². The second-order valence-corrected chi connectivity index (χ2v) is 7.99. The van der Waals surface area contributed by atoms with E-state index in [9.17, 15) is 9.59 Å². The molecular formula is C29H28N2O5. The van der Waals surface area contributed by atoms with Crippen LogP contribution in [-0.2, 0) is 11.3 Å². The molecule has 0 spiro atoms. The first-order valence-electron chi connectivity index (χ1n) is 11.6. The number of carbonyl (C=O) groups is 2. The minimum Gasteiger partial charge on any atom is -0.493 e. The van der Waals surface area contributed by atoms with E-state index in [1.807, 2.05) is 54.7 Å². The second-order valence-electron chi connectivity index (χ2n) is 7.99. The number of nitrogens with one attached hydrogen (secondary N) is 1. The van der Waals surface area contributed by atoms with Gasteiger partial charge < -0.3 is 24.1 Å². The first kappa shape index (κ1) is 24.6. The average molecular weight is 485 g/mol. The molecule has 7 heteroatoms. The lowest BCUT2D eigenvalue weighted by Crippen LogP contribution is -2.18. The standard InChI is InChI=1S/C29H28N2O5/c1-4-36-29(33)27-26(30-28(32)21-13-9-6-10-14-21)23(19-31(27)18-20-11-7-5-8-12-20)22-15-16-24(34-2)25(17-22)35-3/h5-17,19H,4,18H2,1-3H3,(H,30,32). The molecule has 4 rings (SSSR count). The summed E-state index contributed by atoms with van der Waals surface area (Å²) in [5.74, 6) is 0.248. The van der Waals surface area contributed by atoms with Crippen molar-refractivity contribution in [3.05, 3.63) is 102 Å². The third kappa shape index (κ3) is 5.25. The Labute approximate surface area is 210 Å². The Kier molecular flexibility index (Phi) is 7.70.